The minimum Gasteiger partial charge on any atom is -0.271 e. The van der Waals surface area contributed by atoms with Crippen LogP contribution in [0.4, 0.5) is 0 Å². The zero-order chi connectivity index (χ0) is 11.7. The van der Waals surface area contributed by atoms with Gasteiger partial charge in [-0.3, -0.25) is 11.3 Å². The summed E-state index contributed by atoms with van der Waals surface area (Å²) in [4.78, 5) is 0. The van der Waals surface area contributed by atoms with Crippen LogP contribution in [0.1, 0.15) is 32.6 Å². The Hall–Kier alpha value is 0.160. The lowest BCUT2D eigenvalue weighted by atomic mass is 10.1. The Morgan fingerprint density at radius 2 is 1.93 bits per heavy atom. The fourth-order valence-corrected chi connectivity index (χ4v) is 2.38. The largest absolute Gasteiger partial charge is 0.271 e. The van der Waals surface area contributed by atoms with E-state index in [1.54, 1.807) is 6.92 Å². The molecular weight excluding hydrogens is 236 g/mol. The highest BCUT2D eigenvalue weighted by molar-refractivity contribution is 7.91. The molecule has 1 unspecified atom stereocenters. The lowest BCUT2D eigenvalue weighted by Gasteiger charge is -2.14. The summed E-state index contributed by atoms with van der Waals surface area (Å²) >= 11 is 5.57. The van der Waals surface area contributed by atoms with Crippen LogP contribution >= 0.6 is 11.6 Å². The van der Waals surface area contributed by atoms with Crippen LogP contribution < -0.4 is 11.3 Å². The number of sulfone groups is 1. The van der Waals surface area contributed by atoms with E-state index in [4.69, 9.17) is 17.4 Å². The number of alkyl halides is 1. The number of nitrogens with two attached hydrogens (primary N) is 1. The van der Waals surface area contributed by atoms with Gasteiger partial charge in [-0.05, 0) is 25.7 Å². The first-order chi connectivity index (χ1) is 7.05. The molecule has 0 aliphatic carbocycles. The van der Waals surface area contributed by atoms with E-state index in [-0.39, 0.29) is 17.5 Å². The monoisotopic (exact) mass is 256 g/mol. The van der Waals surface area contributed by atoms with E-state index >= 15 is 0 Å². The molecule has 0 heterocycles. The maximum atomic E-state index is 11.2. The molecule has 3 N–H and O–H groups in total. The molecule has 0 rings (SSSR count). The number of rotatable bonds is 9. The van der Waals surface area contributed by atoms with Gasteiger partial charge in [-0.25, -0.2) is 8.42 Å². The molecule has 0 aliphatic heterocycles. The van der Waals surface area contributed by atoms with Gasteiger partial charge in [0.05, 0.1) is 5.75 Å². The summed E-state index contributed by atoms with van der Waals surface area (Å²) in [6, 6.07) is 0.177. The molecule has 0 fully saturated rings. The zero-order valence-corrected chi connectivity index (χ0v) is 10.8. The van der Waals surface area contributed by atoms with Crippen LogP contribution in [-0.4, -0.2) is 31.8 Å². The van der Waals surface area contributed by atoms with Crippen molar-refractivity contribution in [1.29, 1.82) is 0 Å². The predicted molar refractivity (Wildman–Crippen MR) is 64.6 cm³/mol. The summed E-state index contributed by atoms with van der Waals surface area (Å²) in [5, 5.41) is 0. The van der Waals surface area contributed by atoms with Crippen LogP contribution in [0.25, 0.3) is 0 Å². The fourth-order valence-electron chi connectivity index (χ4n) is 1.33. The average Bonchev–Trinajstić information content (AvgIpc) is 2.23. The van der Waals surface area contributed by atoms with Crippen molar-refractivity contribution in [3.8, 4) is 0 Å². The third-order valence-corrected chi connectivity index (χ3v) is 4.43. The highest BCUT2D eigenvalue weighted by Crippen LogP contribution is 2.06. The summed E-state index contributed by atoms with van der Waals surface area (Å²) in [5.41, 5.74) is 2.69. The molecule has 15 heavy (non-hydrogen) atoms. The molecule has 0 aromatic heterocycles. The Labute approximate surface area is 97.4 Å². The lowest BCUT2D eigenvalue weighted by molar-refractivity contribution is 0.455. The van der Waals surface area contributed by atoms with Crippen LogP contribution in [0.3, 0.4) is 0 Å². The van der Waals surface area contributed by atoms with Crippen LogP contribution in [0.15, 0.2) is 0 Å². The van der Waals surface area contributed by atoms with Crippen molar-refractivity contribution >= 4 is 21.4 Å². The average molecular weight is 257 g/mol. The van der Waals surface area contributed by atoms with E-state index in [9.17, 15) is 8.42 Å². The fraction of sp³-hybridized carbons (Fsp3) is 1.00. The van der Waals surface area contributed by atoms with Crippen molar-refractivity contribution in [2.75, 3.05) is 17.4 Å². The van der Waals surface area contributed by atoms with Gasteiger partial charge in [0, 0.05) is 17.7 Å². The van der Waals surface area contributed by atoms with Crippen LogP contribution in [0.2, 0.25) is 0 Å². The Bertz CT molecular complexity index is 244. The second-order valence-corrected chi connectivity index (χ2v) is 6.42. The number of hydrogen-bond donors (Lipinski definition) is 2. The van der Waals surface area contributed by atoms with Crippen LogP contribution in [-0.2, 0) is 9.84 Å². The highest BCUT2D eigenvalue weighted by Gasteiger charge is 2.10. The second-order valence-electron chi connectivity index (χ2n) is 3.57. The molecule has 0 saturated heterocycles. The molecule has 6 heteroatoms. The first-order valence-electron chi connectivity index (χ1n) is 5.28. The molecule has 0 aromatic carbocycles. The smallest absolute Gasteiger partial charge is 0.150 e. The zero-order valence-electron chi connectivity index (χ0n) is 9.21. The third kappa shape index (κ3) is 8.02. The van der Waals surface area contributed by atoms with Crippen LogP contribution in [0, 0.1) is 0 Å². The van der Waals surface area contributed by atoms with E-state index in [0.717, 1.165) is 19.3 Å². The molecule has 92 valence electrons. The van der Waals surface area contributed by atoms with E-state index < -0.39 is 9.84 Å². The van der Waals surface area contributed by atoms with Gasteiger partial charge in [-0.1, -0.05) is 6.92 Å². The first kappa shape index (κ1) is 15.2. The summed E-state index contributed by atoms with van der Waals surface area (Å²) in [6.07, 6.45) is 3.24. The molecule has 0 bridgehead atoms. The van der Waals surface area contributed by atoms with Crippen molar-refractivity contribution in [1.82, 2.24) is 5.43 Å². The third-order valence-electron chi connectivity index (χ3n) is 2.37. The maximum Gasteiger partial charge on any atom is 0.150 e. The Balaban J connectivity index is 3.72. The Morgan fingerprint density at radius 1 is 1.33 bits per heavy atom. The van der Waals surface area contributed by atoms with Gasteiger partial charge in [0.1, 0.15) is 9.84 Å². The molecule has 0 radical (unpaired) electrons. The standard InChI is InChI=1S/C9H21ClN2O2S/c1-2-15(13,14)8-4-6-9(12-11)5-3-7-10/h9,12H,2-8,11H2,1H3. The van der Waals surface area contributed by atoms with E-state index in [0.29, 0.717) is 12.3 Å². The van der Waals surface area contributed by atoms with Crippen molar-refractivity contribution in [3.63, 3.8) is 0 Å². The van der Waals surface area contributed by atoms with E-state index in [2.05, 4.69) is 5.43 Å². The lowest BCUT2D eigenvalue weighted by Crippen LogP contribution is -2.35. The maximum absolute atomic E-state index is 11.2. The van der Waals surface area contributed by atoms with Crippen molar-refractivity contribution < 1.29 is 8.42 Å². The van der Waals surface area contributed by atoms with Crippen molar-refractivity contribution in [2.45, 2.75) is 38.6 Å². The molecule has 0 amide bonds. The van der Waals surface area contributed by atoms with Gasteiger partial charge in [0.25, 0.3) is 0 Å². The molecule has 0 aromatic rings. The van der Waals surface area contributed by atoms with Gasteiger partial charge in [0.15, 0.2) is 0 Å². The summed E-state index contributed by atoms with van der Waals surface area (Å²) in [7, 11) is -2.84. The minimum absolute atomic E-state index is 0.177. The second kappa shape index (κ2) is 8.33. The van der Waals surface area contributed by atoms with Gasteiger partial charge in [-0.2, -0.15) is 0 Å². The molecule has 0 aliphatic rings. The Kier molecular flexibility index (Phi) is 8.42. The van der Waals surface area contributed by atoms with Crippen molar-refractivity contribution in [2.24, 2.45) is 5.84 Å². The van der Waals surface area contributed by atoms with E-state index in [1.807, 2.05) is 0 Å². The minimum atomic E-state index is -2.84. The summed E-state index contributed by atoms with van der Waals surface area (Å²) in [5.74, 6) is 6.44. The molecule has 0 saturated carbocycles. The van der Waals surface area contributed by atoms with E-state index in [1.165, 1.54) is 0 Å². The number of hydrogen-bond acceptors (Lipinski definition) is 4. The number of halogens is 1. The number of hydrazine groups is 1. The SMILES string of the molecule is CCS(=O)(=O)CCCC(CCCCl)NN. The predicted octanol–water partition coefficient (Wildman–Crippen LogP) is 1.05. The molecule has 4 nitrogen and oxygen atoms in total. The molecular formula is C9H21ClN2O2S. The van der Waals surface area contributed by atoms with Crippen LogP contribution in [0.5, 0.6) is 0 Å². The Morgan fingerprint density at radius 3 is 2.40 bits per heavy atom. The first-order valence-corrected chi connectivity index (χ1v) is 7.63. The highest BCUT2D eigenvalue weighted by atomic mass is 35.5. The molecule has 0 spiro atoms. The number of nitrogens with one attached hydrogen (secondary N) is 1. The van der Waals surface area contributed by atoms with Gasteiger partial charge >= 0.3 is 0 Å². The summed E-state index contributed by atoms with van der Waals surface area (Å²) < 4.78 is 22.4. The van der Waals surface area contributed by atoms with Crippen molar-refractivity contribution in [3.05, 3.63) is 0 Å². The van der Waals surface area contributed by atoms with Gasteiger partial charge < -0.3 is 0 Å². The molecule has 1 atom stereocenters. The normalized spacial score (nSPS) is 14.1. The topological polar surface area (TPSA) is 72.2 Å². The van der Waals surface area contributed by atoms with Gasteiger partial charge in [-0.15, -0.1) is 11.6 Å². The summed E-state index contributed by atoms with van der Waals surface area (Å²) in [6.45, 7) is 1.67. The quantitative estimate of drug-likeness (QED) is 0.368. The van der Waals surface area contributed by atoms with Gasteiger partial charge in [0.2, 0.25) is 0 Å².